The van der Waals surface area contributed by atoms with Crippen LogP contribution >= 0.6 is 11.6 Å². The van der Waals surface area contributed by atoms with Gasteiger partial charge >= 0.3 is 0 Å². The molecular weight excluding hydrogens is 544 g/mol. The third-order valence-corrected chi connectivity index (χ3v) is 9.84. The number of amides is 2. The number of halogens is 3. The number of likely N-dealkylation sites (tertiary alicyclic amines) is 2. The minimum Gasteiger partial charge on any atom is -0.345 e. The molecule has 2 saturated heterocycles. The molecule has 3 heterocycles. The molecule has 0 aliphatic carbocycles. The number of carbonyl (C=O) groups excluding carboxylic acids is 2. The Balaban J connectivity index is 0.000000195. The fourth-order valence-corrected chi connectivity index (χ4v) is 6.70. The molecule has 41 heavy (non-hydrogen) atoms. The average Bonchev–Trinajstić information content (AvgIpc) is 3.41. The maximum atomic E-state index is 13.8. The van der Waals surface area contributed by atoms with E-state index < -0.39 is 17.0 Å². The molecule has 3 aliphatic heterocycles. The second-order valence-electron chi connectivity index (χ2n) is 13.1. The van der Waals surface area contributed by atoms with Crippen molar-refractivity contribution in [2.45, 2.75) is 90.6 Å². The van der Waals surface area contributed by atoms with E-state index in [4.69, 9.17) is 11.6 Å². The van der Waals surface area contributed by atoms with Crippen molar-refractivity contribution in [3.05, 3.63) is 63.7 Å². The minimum atomic E-state index is -0.505. The number of hydrogen-bond donors (Lipinski definition) is 0. The maximum absolute atomic E-state index is 13.8. The first-order valence-electron chi connectivity index (χ1n) is 14.8. The molecule has 5 nitrogen and oxygen atoms in total. The summed E-state index contributed by atoms with van der Waals surface area (Å²) in [6.45, 7) is 17.9. The number of aryl methyl sites for hydroxylation is 1. The van der Waals surface area contributed by atoms with Crippen LogP contribution in [0.1, 0.15) is 83.4 Å². The predicted molar refractivity (Wildman–Crippen MR) is 162 cm³/mol. The van der Waals surface area contributed by atoms with E-state index in [9.17, 15) is 18.4 Å². The van der Waals surface area contributed by atoms with Gasteiger partial charge in [0.25, 0.3) is 0 Å². The van der Waals surface area contributed by atoms with E-state index in [1.165, 1.54) is 6.07 Å². The summed E-state index contributed by atoms with van der Waals surface area (Å²) in [4.78, 5) is 30.4. The van der Waals surface area contributed by atoms with Crippen LogP contribution in [0.2, 0.25) is 5.02 Å². The zero-order valence-corrected chi connectivity index (χ0v) is 26.2. The van der Waals surface area contributed by atoms with Crippen molar-refractivity contribution in [3.63, 3.8) is 0 Å². The minimum absolute atomic E-state index is 0.0967. The van der Waals surface area contributed by atoms with E-state index in [0.717, 1.165) is 48.8 Å². The van der Waals surface area contributed by atoms with Gasteiger partial charge in [0.05, 0.1) is 5.41 Å². The molecule has 0 aromatic heterocycles. The van der Waals surface area contributed by atoms with Crippen LogP contribution in [0.3, 0.4) is 0 Å². The first kappa shape index (κ1) is 31.4. The number of anilines is 1. The molecule has 2 amide bonds. The van der Waals surface area contributed by atoms with Gasteiger partial charge in [-0.05, 0) is 88.6 Å². The smallest absolute Gasteiger partial charge is 0.238 e. The molecule has 2 aromatic carbocycles. The van der Waals surface area contributed by atoms with E-state index in [1.807, 2.05) is 17.9 Å². The number of nitrogens with zero attached hydrogens (tertiary/aromatic N) is 3. The number of benzene rings is 2. The normalized spacial score (nSPS) is 22.9. The van der Waals surface area contributed by atoms with Crippen molar-refractivity contribution in [3.8, 4) is 0 Å². The standard InChI is InChI=1S/C18H23ClN2O2.C15H21F2N/c1-4-13(3)21-16-10-15(19)12(2)9-14(16)18(17(21)23)5-7-20(11-22)8-6-18;1-10-8-18(15(2,3)4)9-13(10)12-6-5-11(16)7-14(12)17/h9-11,13H,4-8H2,1-3H3;5-7,10,13H,8-9H2,1-4H3/t;10-,13?/m.1/s1. The Morgan fingerprint density at radius 2 is 1.78 bits per heavy atom. The van der Waals surface area contributed by atoms with Gasteiger partial charge in [0.1, 0.15) is 11.6 Å². The molecule has 2 unspecified atom stereocenters. The van der Waals surface area contributed by atoms with Crippen molar-refractivity contribution in [2.24, 2.45) is 5.92 Å². The summed E-state index contributed by atoms with van der Waals surface area (Å²) in [5, 5.41) is 0.701. The molecule has 0 radical (unpaired) electrons. The summed E-state index contributed by atoms with van der Waals surface area (Å²) in [5.41, 5.74) is 3.31. The Kier molecular flexibility index (Phi) is 9.20. The SMILES string of the molecule is CCC(C)N1C(=O)C2(CCN(C=O)CC2)c2cc(C)c(Cl)cc21.C[C@@H]1CN(C(C)(C)C)CC1c1ccc(F)cc1F. The van der Waals surface area contributed by atoms with Crippen molar-refractivity contribution < 1.29 is 18.4 Å². The van der Waals surface area contributed by atoms with E-state index in [0.29, 0.717) is 42.4 Å². The molecule has 2 aromatic rings. The quantitative estimate of drug-likeness (QED) is 0.359. The van der Waals surface area contributed by atoms with Gasteiger partial charge in [-0.15, -0.1) is 0 Å². The van der Waals surface area contributed by atoms with Gasteiger partial charge in [-0.25, -0.2) is 8.78 Å². The summed E-state index contributed by atoms with van der Waals surface area (Å²) in [7, 11) is 0. The summed E-state index contributed by atoms with van der Waals surface area (Å²) in [6.07, 6.45) is 3.15. The van der Waals surface area contributed by atoms with E-state index in [1.54, 1.807) is 11.0 Å². The molecule has 0 bridgehead atoms. The van der Waals surface area contributed by atoms with Gasteiger partial charge in [0.15, 0.2) is 0 Å². The van der Waals surface area contributed by atoms with Crippen molar-refractivity contribution in [1.82, 2.24) is 9.80 Å². The lowest BCUT2D eigenvalue weighted by molar-refractivity contribution is -0.128. The Hall–Kier alpha value is -2.51. The molecule has 224 valence electrons. The Morgan fingerprint density at radius 3 is 2.32 bits per heavy atom. The lowest BCUT2D eigenvalue weighted by Gasteiger charge is -2.37. The van der Waals surface area contributed by atoms with Crippen LogP contribution in [0, 0.1) is 24.5 Å². The molecule has 0 saturated carbocycles. The molecule has 5 rings (SSSR count). The maximum Gasteiger partial charge on any atom is 0.238 e. The van der Waals surface area contributed by atoms with Crippen LogP contribution in [0.5, 0.6) is 0 Å². The van der Waals surface area contributed by atoms with Gasteiger partial charge in [0, 0.05) is 60.5 Å². The largest absolute Gasteiger partial charge is 0.345 e. The second-order valence-corrected chi connectivity index (χ2v) is 13.5. The van der Waals surface area contributed by atoms with Crippen molar-refractivity contribution in [1.29, 1.82) is 0 Å². The molecular formula is C33H44ClF2N3O2. The van der Waals surface area contributed by atoms with Gasteiger partial charge in [-0.1, -0.05) is 37.6 Å². The van der Waals surface area contributed by atoms with Crippen LogP contribution in [0.15, 0.2) is 30.3 Å². The number of fused-ring (bicyclic) bond motifs is 2. The molecule has 3 atom stereocenters. The van der Waals surface area contributed by atoms with E-state index in [-0.39, 0.29) is 23.4 Å². The van der Waals surface area contributed by atoms with E-state index >= 15 is 0 Å². The number of hydrogen-bond acceptors (Lipinski definition) is 3. The molecule has 2 fully saturated rings. The van der Waals surface area contributed by atoms with Gasteiger partial charge in [-0.2, -0.15) is 0 Å². The van der Waals surface area contributed by atoms with Gasteiger partial charge in [0.2, 0.25) is 12.3 Å². The monoisotopic (exact) mass is 587 g/mol. The first-order valence-corrected chi connectivity index (χ1v) is 15.1. The van der Waals surface area contributed by atoms with Crippen LogP contribution in [-0.2, 0) is 15.0 Å². The van der Waals surface area contributed by atoms with Crippen LogP contribution in [0.4, 0.5) is 14.5 Å². The third kappa shape index (κ3) is 6.03. The first-order chi connectivity index (χ1) is 19.2. The zero-order valence-electron chi connectivity index (χ0n) is 25.4. The van der Waals surface area contributed by atoms with Gasteiger partial charge in [-0.3, -0.25) is 14.5 Å². The average molecular weight is 588 g/mol. The lowest BCUT2D eigenvalue weighted by Crippen LogP contribution is -2.50. The highest BCUT2D eigenvalue weighted by Crippen LogP contribution is 2.50. The molecule has 0 N–H and O–H groups in total. The van der Waals surface area contributed by atoms with Gasteiger partial charge < -0.3 is 9.80 Å². The van der Waals surface area contributed by atoms with Crippen LogP contribution in [-0.4, -0.2) is 59.9 Å². The third-order valence-electron chi connectivity index (χ3n) is 9.44. The highest BCUT2D eigenvalue weighted by molar-refractivity contribution is 6.32. The zero-order chi connectivity index (χ0) is 30.3. The Labute approximate surface area is 248 Å². The number of carbonyl (C=O) groups is 2. The highest BCUT2D eigenvalue weighted by Gasteiger charge is 2.53. The summed E-state index contributed by atoms with van der Waals surface area (Å²) in [5.74, 6) is -0.194. The topological polar surface area (TPSA) is 43.9 Å². The van der Waals surface area contributed by atoms with E-state index in [2.05, 4.69) is 52.5 Å². The number of rotatable bonds is 4. The lowest BCUT2D eigenvalue weighted by atomic mass is 9.73. The summed E-state index contributed by atoms with van der Waals surface area (Å²) < 4.78 is 26.8. The fraction of sp³-hybridized carbons (Fsp3) is 0.576. The summed E-state index contributed by atoms with van der Waals surface area (Å²) >= 11 is 6.33. The molecule has 1 spiro atoms. The van der Waals surface area contributed by atoms with Crippen LogP contribution < -0.4 is 4.90 Å². The van der Waals surface area contributed by atoms with Crippen molar-refractivity contribution in [2.75, 3.05) is 31.1 Å². The summed E-state index contributed by atoms with van der Waals surface area (Å²) in [6, 6.07) is 8.10. The highest BCUT2D eigenvalue weighted by atomic mass is 35.5. The van der Waals surface area contributed by atoms with Crippen LogP contribution in [0.25, 0.3) is 0 Å². The Morgan fingerprint density at radius 1 is 1.12 bits per heavy atom. The number of piperidine rings is 1. The van der Waals surface area contributed by atoms with Crippen molar-refractivity contribution >= 4 is 29.6 Å². The second kappa shape index (κ2) is 12.0. The predicted octanol–water partition coefficient (Wildman–Crippen LogP) is 7.08. The molecule has 8 heteroatoms. The fourth-order valence-electron chi connectivity index (χ4n) is 6.54. The molecule has 3 aliphatic rings. The Bertz CT molecular complexity index is 1290.